The van der Waals surface area contributed by atoms with Gasteiger partial charge in [-0.15, -0.1) is 0 Å². The van der Waals surface area contributed by atoms with Crippen LogP contribution in [0.25, 0.3) is 0 Å². The predicted molar refractivity (Wildman–Crippen MR) is 93.6 cm³/mol. The number of nitrogens with one attached hydrogen (secondary N) is 1. The molecule has 3 aromatic rings. The van der Waals surface area contributed by atoms with Crippen molar-refractivity contribution in [1.29, 1.82) is 5.26 Å². The highest BCUT2D eigenvalue weighted by Crippen LogP contribution is 2.18. The van der Waals surface area contributed by atoms with Crippen LogP contribution < -0.4 is 10.6 Å². The average molecular weight is 332 g/mol. The molecule has 0 aliphatic carbocycles. The number of nitriles is 1. The van der Waals surface area contributed by atoms with Gasteiger partial charge in [0.25, 0.3) is 5.91 Å². The molecule has 1 atom stereocenters. The molecule has 0 aliphatic rings. The lowest BCUT2D eigenvalue weighted by Crippen LogP contribution is -2.87. The summed E-state index contributed by atoms with van der Waals surface area (Å²) in [6, 6.07) is 22.4. The van der Waals surface area contributed by atoms with Crippen LogP contribution in [-0.4, -0.2) is 12.5 Å². The molecule has 3 N–H and O–H groups in total. The summed E-state index contributed by atoms with van der Waals surface area (Å²) in [7, 11) is 0. The second-order valence-electron chi connectivity index (χ2n) is 5.58. The summed E-state index contributed by atoms with van der Waals surface area (Å²) >= 11 is 0. The van der Waals surface area contributed by atoms with Crippen molar-refractivity contribution < 1.29 is 14.5 Å². The lowest BCUT2D eigenvalue weighted by atomic mass is 10.0. The van der Waals surface area contributed by atoms with E-state index in [0.29, 0.717) is 11.3 Å². The topological polar surface area (TPSA) is 82.6 Å². The number of rotatable bonds is 6. The first kappa shape index (κ1) is 16.5. The monoisotopic (exact) mass is 332 g/mol. The quantitative estimate of drug-likeness (QED) is 0.727. The van der Waals surface area contributed by atoms with Gasteiger partial charge in [0.2, 0.25) is 0 Å². The smallest absolute Gasteiger partial charge is 0.279 e. The van der Waals surface area contributed by atoms with Gasteiger partial charge in [-0.2, -0.15) is 5.26 Å². The molecule has 0 spiro atoms. The molecule has 0 radical (unpaired) electrons. The third-order valence-corrected chi connectivity index (χ3v) is 3.85. The molecule has 5 heteroatoms. The summed E-state index contributed by atoms with van der Waals surface area (Å²) < 4.78 is 5.53. The Kier molecular flexibility index (Phi) is 5.25. The Labute approximate surface area is 145 Å². The summed E-state index contributed by atoms with van der Waals surface area (Å²) in [5.74, 6) is 0.689. The molecule has 2 aromatic carbocycles. The minimum Gasteiger partial charge on any atom is -0.463 e. The number of nitrogens with zero attached hydrogens (tertiary/aromatic N) is 1. The van der Waals surface area contributed by atoms with Gasteiger partial charge in [0, 0.05) is 11.3 Å². The minimum atomic E-state index is -0.114. The first-order valence-electron chi connectivity index (χ1n) is 7.98. The molecule has 0 aliphatic heterocycles. The molecular formula is C20H18N3O2+. The maximum absolute atomic E-state index is 12.2. The summed E-state index contributed by atoms with van der Waals surface area (Å²) in [4.78, 5) is 12.2. The molecule has 0 unspecified atom stereocenters. The van der Waals surface area contributed by atoms with Crippen molar-refractivity contribution in [2.24, 2.45) is 0 Å². The number of benzene rings is 2. The van der Waals surface area contributed by atoms with E-state index < -0.39 is 0 Å². The number of amides is 1. The van der Waals surface area contributed by atoms with E-state index in [9.17, 15) is 4.79 Å². The zero-order valence-electron chi connectivity index (χ0n) is 13.6. The summed E-state index contributed by atoms with van der Waals surface area (Å²) in [6.45, 7) is 0.250. The van der Waals surface area contributed by atoms with Crippen molar-refractivity contribution in [2.75, 3.05) is 11.9 Å². The van der Waals surface area contributed by atoms with Crippen LogP contribution in [0, 0.1) is 11.3 Å². The minimum absolute atomic E-state index is 0.0806. The standard InChI is InChI=1S/C20H17N3O2/c21-13-15-8-10-17(11-9-15)23-19(24)14-22-20(18-7-4-12-25-18)16-5-2-1-3-6-16/h1-12,20,22H,14H2,(H,23,24)/p+1/t20-/m0/s1. The van der Waals surface area contributed by atoms with Crippen molar-refractivity contribution in [1.82, 2.24) is 0 Å². The van der Waals surface area contributed by atoms with Gasteiger partial charge in [-0.1, -0.05) is 30.3 Å². The zero-order chi connectivity index (χ0) is 17.5. The fourth-order valence-corrected chi connectivity index (χ4v) is 2.61. The Hall–Kier alpha value is -3.36. The predicted octanol–water partition coefficient (Wildman–Crippen LogP) is 2.44. The van der Waals surface area contributed by atoms with Gasteiger partial charge in [-0.3, -0.25) is 4.79 Å². The van der Waals surface area contributed by atoms with Crippen LogP contribution in [0.4, 0.5) is 5.69 Å². The number of nitrogens with two attached hydrogens (primary N) is 1. The Bertz CT molecular complexity index is 850. The molecule has 0 saturated heterocycles. The number of anilines is 1. The van der Waals surface area contributed by atoms with Gasteiger partial charge in [0.05, 0.1) is 17.9 Å². The Balaban J connectivity index is 1.64. The number of carbonyl (C=O) groups is 1. The lowest BCUT2D eigenvalue weighted by Gasteiger charge is -2.14. The molecule has 124 valence electrons. The fraction of sp³-hybridized carbons (Fsp3) is 0.100. The van der Waals surface area contributed by atoms with E-state index in [-0.39, 0.29) is 18.5 Å². The summed E-state index contributed by atoms with van der Waals surface area (Å²) in [6.07, 6.45) is 1.63. The molecule has 1 amide bonds. The van der Waals surface area contributed by atoms with Crippen LogP contribution in [0.1, 0.15) is 22.9 Å². The second kappa shape index (κ2) is 7.95. The van der Waals surface area contributed by atoms with Crippen LogP contribution in [0.5, 0.6) is 0 Å². The van der Waals surface area contributed by atoms with E-state index in [1.165, 1.54) is 0 Å². The van der Waals surface area contributed by atoms with Crippen molar-refractivity contribution >= 4 is 11.6 Å². The molecule has 0 bridgehead atoms. The van der Waals surface area contributed by atoms with E-state index >= 15 is 0 Å². The molecular weight excluding hydrogens is 314 g/mol. The molecule has 5 nitrogen and oxygen atoms in total. The Morgan fingerprint density at radius 1 is 1.08 bits per heavy atom. The Morgan fingerprint density at radius 3 is 2.48 bits per heavy atom. The summed E-state index contributed by atoms with van der Waals surface area (Å²) in [5.41, 5.74) is 2.31. The second-order valence-corrected chi connectivity index (χ2v) is 5.58. The number of hydrogen-bond donors (Lipinski definition) is 2. The highest BCUT2D eigenvalue weighted by molar-refractivity contribution is 5.91. The van der Waals surface area contributed by atoms with Crippen LogP contribution in [0.15, 0.2) is 77.4 Å². The van der Waals surface area contributed by atoms with Crippen LogP contribution in [0.3, 0.4) is 0 Å². The van der Waals surface area contributed by atoms with Gasteiger partial charge < -0.3 is 15.1 Å². The van der Waals surface area contributed by atoms with Crippen LogP contribution >= 0.6 is 0 Å². The number of carbonyl (C=O) groups excluding carboxylic acids is 1. The van der Waals surface area contributed by atoms with Crippen molar-refractivity contribution in [3.63, 3.8) is 0 Å². The first-order valence-corrected chi connectivity index (χ1v) is 7.98. The number of quaternary nitrogens is 1. The van der Waals surface area contributed by atoms with Crippen molar-refractivity contribution in [3.8, 4) is 6.07 Å². The van der Waals surface area contributed by atoms with Gasteiger partial charge in [-0.25, -0.2) is 0 Å². The first-order chi connectivity index (χ1) is 12.3. The summed E-state index contributed by atoms with van der Waals surface area (Å²) in [5, 5.41) is 13.6. The third-order valence-electron chi connectivity index (χ3n) is 3.85. The van der Waals surface area contributed by atoms with Crippen molar-refractivity contribution in [2.45, 2.75) is 6.04 Å². The third kappa shape index (κ3) is 4.34. The highest BCUT2D eigenvalue weighted by Gasteiger charge is 2.21. The normalized spacial score (nSPS) is 11.5. The maximum Gasteiger partial charge on any atom is 0.279 e. The molecule has 3 rings (SSSR count). The SMILES string of the molecule is N#Cc1ccc(NC(=O)C[NH2+][C@@H](c2ccccc2)c2ccco2)cc1. The zero-order valence-corrected chi connectivity index (χ0v) is 13.6. The molecule has 0 fully saturated rings. The Morgan fingerprint density at radius 2 is 1.84 bits per heavy atom. The van der Waals surface area contributed by atoms with E-state index in [2.05, 4.69) is 11.4 Å². The fourth-order valence-electron chi connectivity index (χ4n) is 2.61. The van der Waals surface area contributed by atoms with Gasteiger partial charge >= 0.3 is 0 Å². The van der Waals surface area contributed by atoms with E-state index in [4.69, 9.17) is 9.68 Å². The lowest BCUT2D eigenvalue weighted by molar-refractivity contribution is -0.678. The maximum atomic E-state index is 12.2. The molecule has 1 aromatic heterocycles. The molecule has 25 heavy (non-hydrogen) atoms. The van der Waals surface area contributed by atoms with E-state index in [0.717, 1.165) is 11.3 Å². The van der Waals surface area contributed by atoms with E-state index in [1.807, 2.05) is 47.8 Å². The molecule has 0 saturated carbocycles. The largest absolute Gasteiger partial charge is 0.463 e. The van der Waals surface area contributed by atoms with Crippen LogP contribution in [-0.2, 0) is 4.79 Å². The van der Waals surface area contributed by atoms with Gasteiger partial charge in [0.15, 0.2) is 18.3 Å². The van der Waals surface area contributed by atoms with Gasteiger partial charge in [0.1, 0.15) is 0 Å². The van der Waals surface area contributed by atoms with E-state index in [1.54, 1.807) is 30.5 Å². The average Bonchev–Trinajstić information content (AvgIpc) is 3.18. The van der Waals surface area contributed by atoms with Crippen molar-refractivity contribution in [3.05, 3.63) is 89.9 Å². The number of furan rings is 1. The number of hydrogen-bond acceptors (Lipinski definition) is 3. The van der Waals surface area contributed by atoms with Crippen LogP contribution in [0.2, 0.25) is 0 Å². The highest BCUT2D eigenvalue weighted by atomic mass is 16.3. The molecule has 1 heterocycles. The van der Waals surface area contributed by atoms with Gasteiger partial charge in [-0.05, 0) is 36.4 Å².